The van der Waals surface area contributed by atoms with Gasteiger partial charge in [-0.1, -0.05) is 309 Å². The summed E-state index contributed by atoms with van der Waals surface area (Å²) >= 11 is 0. The van der Waals surface area contributed by atoms with Crippen molar-refractivity contribution in [3.63, 3.8) is 0 Å². The molecule has 70 heavy (non-hydrogen) atoms. The number of hydrogen-bond donors (Lipinski definition) is 3. The molecule has 0 saturated heterocycles. The third kappa shape index (κ3) is 55.9. The summed E-state index contributed by atoms with van der Waals surface area (Å²) in [5.41, 5.74) is 0. The smallest absolute Gasteiger partial charge is 0.305 e. The molecule has 6 heteroatoms. The molecule has 416 valence electrons. The number of unbranched alkanes of at least 4 members (excludes halogenated alkanes) is 47. The van der Waals surface area contributed by atoms with Crippen molar-refractivity contribution in [2.75, 3.05) is 13.2 Å². The average molecular weight is 989 g/mol. The normalized spacial score (nSPS) is 12.6. The molecule has 0 aromatic heterocycles. The van der Waals surface area contributed by atoms with Crippen LogP contribution < -0.4 is 5.32 Å². The zero-order chi connectivity index (χ0) is 50.7. The summed E-state index contributed by atoms with van der Waals surface area (Å²) in [4.78, 5) is 24.6. The lowest BCUT2D eigenvalue weighted by atomic mass is 10.0. The Bertz CT molecular complexity index is 1050. The number of aliphatic hydroxyl groups excluding tert-OH is 2. The van der Waals surface area contributed by atoms with Gasteiger partial charge in [-0.2, -0.15) is 0 Å². The summed E-state index contributed by atoms with van der Waals surface area (Å²) in [5, 5.41) is 23.4. The summed E-state index contributed by atoms with van der Waals surface area (Å²) in [7, 11) is 0. The van der Waals surface area contributed by atoms with E-state index in [1.165, 1.54) is 283 Å². The molecule has 0 aliphatic carbocycles. The second kappa shape index (κ2) is 60.2. The maximum atomic E-state index is 12.5. The van der Waals surface area contributed by atoms with Crippen LogP contribution in [0.25, 0.3) is 0 Å². The van der Waals surface area contributed by atoms with Gasteiger partial charge in [-0.25, -0.2) is 0 Å². The zero-order valence-corrected chi connectivity index (χ0v) is 47.5. The molecule has 0 heterocycles. The number of rotatable bonds is 60. The molecule has 0 aromatic carbocycles. The molecule has 0 saturated carbocycles. The van der Waals surface area contributed by atoms with Crippen LogP contribution in [0, 0.1) is 0 Å². The summed E-state index contributed by atoms with van der Waals surface area (Å²) in [6, 6.07) is -0.542. The van der Waals surface area contributed by atoms with Crippen molar-refractivity contribution >= 4 is 11.9 Å². The predicted octanol–water partition coefficient (Wildman–Crippen LogP) is 20.0. The minimum atomic E-state index is -0.665. The Morgan fingerprint density at radius 1 is 0.386 bits per heavy atom. The minimum Gasteiger partial charge on any atom is -0.466 e. The fraction of sp³-hybridized carbons (Fsp3) is 0.938. The van der Waals surface area contributed by atoms with Crippen LogP contribution in [0.3, 0.4) is 0 Å². The van der Waals surface area contributed by atoms with Gasteiger partial charge in [0.25, 0.3) is 0 Å². The first-order chi connectivity index (χ1) is 34.5. The van der Waals surface area contributed by atoms with E-state index in [2.05, 4.69) is 31.3 Å². The molecule has 0 aliphatic heterocycles. The van der Waals surface area contributed by atoms with E-state index in [1.807, 2.05) is 0 Å². The molecule has 0 fully saturated rings. The molecule has 0 aliphatic rings. The number of amides is 1. The number of aliphatic hydroxyl groups is 2. The number of carbonyl (C=O) groups is 2. The van der Waals surface area contributed by atoms with Gasteiger partial charge in [0.05, 0.1) is 25.4 Å². The molecule has 6 nitrogen and oxygen atoms in total. The summed E-state index contributed by atoms with van der Waals surface area (Å²) in [6.45, 7) is 4.97. The third-order valence-electron chi connectivity index (χ3n) is 15.1. The van der Waals surface area contributed by atoms with Crippen LogP contribution in [0.5, 0.6) is 0 Å². The standard InChI is InChI=1S/C64H125NO5/c1-3-5-7-9-11-13-15-17-19-20-26-29-32-36-40-44-48-52-56-62(67)61(60-66)65-63(68)57-53-49-45-41-37-33-30-27-24-22-21-23-25-28-31-35-39-43-47-51-55-59-70-64(69)58-54-50-46-42-38-34-18-16-14-12-10-8-6-4-2/h16,18,61-62,66-67H,3-15,17,19-60H2,1-2H3,(H,65,68)/b18-16-. The SMILES string of the molecule is CCCCCCC/C=C\CCCCCCCC(=O)OCCCCCCCCCCCCCCCCCCCCCCCC(=O)NC(CO)C(O)CCCCCCCCCCCCCCCCCCCC. The Hall–Kier alpha value is -1.40. The first-order valence-electron chi connectivity index (χ1n) is 31.9. The molecule has 0 rings (SSSR count). The fourth-order valence-electron chi connectivity index (χ4n) is 10.2. The lowest BCUT2D eigenvalue weighted by molar-refractivity contribution is -0.143. The van der Waals surface area contributed by atoms with Crippen LogP contribution in [0.1, 0.15) is 361 Å². The first-order valence-corrected chi connectivity index (χ1v) is 31.9. The second-order valence-corrected chi connectivity index (χ2v) is 22.1. The number of ether oxygens (including phenoxy) is 1. The predicted molar refractivity (Wildman–Crippen MR) is 306 cm³/mol. The molecular weight excluding hydrogens is 863 g/mol. The molecule has 0 aromatic rings. The van der Waals surface area contributed by atoms with Crippen molar-refractivity contribution in [2.24, 2.45) is 0 Å². The van der Waals surface area contributed by atoms with Crippen molar-refractivity contribution in [1.82, 2.24) is 5.32 Å². The quantitative estimate of drug-likeness (QED) is 0.0321. The minimum absolute atomic E-state index is 0.00436. The van der Waals surface area contributed by atoms with E-state index in [0.29, 0.717) is 25.9 Å². The van der Waals surface area contributed by atoms with Crippen LogP contribution in [-0.2, 0) is 14.3 Å². The van der Waals surface area contributed by atoms with Gasteiger partial charge in [-0.15, -0.1) is 0 Å². The maximum Gasteiger partial charge on any atom is 0.305 e. The molecule has 0 radical (unpaired) electrons. The Labute approximate surface area is 438 Å². The van der Waals surface area contributed by atoms with Crippen LogP contribution in [0.4, 0.5) is 0 Å². The highest BCUT2D eigenvalue weighted by Crippen LogP contribution is 2.18. The number of carbonyl (C=O) groups excluding carboxylic acids is 2. The molecule has 1 amide bonds. The van der Waals surface area contributed by atoms with Crippen LogP contribution >= 0.6 is 0 Å². The Morgan fingerprint density at radius 2 is 0.671 bits per heavy atom. The Morgan fingerprint density at radius 3 is 1.01 bits per heavy atom. The van der Waals surface area contributed by atoms with Crippen LogP contribution in [0.2, 0.25) is 0 Å². The van der Waals surface area contributed by atoms with E-state index in [4.69, 9.17) is 4.74 Å². The molecule has 0 spiro atoms. The van der Waals surface area contributed by atoms with Gasteiger partial charge in [0.15, 0.2) is 0 Å². The monoisotopic (exact) mass is 988 g/mol. The van der Waals surface area contributed by atoms with E-state index in [-0.39, 0.29) is 18.5 Å². The number of allylic oxidation sites excluding steroid dienone is 2. The first kappa shape index (κ1) is 68.6. The highest BCUT2D eigenvalue weighted by molar-refractivity contribution is 5.76. The number of hydrogen-bond acceptors (Lipinski definition) is 5. The van der Waals surface area contributed by atoms with Gasteiger partial charge < -0.3 is 20.3 Å². The van der Waals surface area contributed by atoms with Crippen molar-refractivity contribution in [3.8, 4) is 0 Å². The van der Waals surface area contributed by atoms with Gasteiger partial charge in [0.1, 0.15) is 0 Å². The summed E-state index contributed by atoms with van der Waals surface area (Å²) in [5.74, 6) is -0.0281. The highest BCUT2D eigenvalue weighted by Gasteiger charge is 2.20. The third-order valence-corrected chi connectivity index (χ3v) is 15.1. The van der Waals surface area contributed by atoms with Crippen molar-refractivity contribution in [3.05, 3.63) is 12.2 Å². The Kier molecular flexibility index (Phi) is 59.0. The van der Waals surface area contributed by atoms with Crippen molar-refractivity contribution in [1.29, 1.82) is 0 Å². The van der Waals surface area contributed by atoms with Gasteiger partial charge >= 0.3 is 5.97 Å². The molecule has 2 unspecified atom stereocenters. The van der Waals surface area contributed by atoms with Gasteiger partial charge in [0.2, 0.25) is 5.91 Å². The van der Waals surface area contributed by atoms with Crippen molar-refractivity contribution < 1.29 is 24.5 Å². The number of esters is 1. The van der Waals surface area contributed by atoms with Gasteiger partial charge in [-0.3, -0.25) is 9.59 Å². The average Bonchev–Trinajstić information content (AvgIpc) is 3.36. The van der Waals surface area contributed by atoms with Crippen LogP contribution in [-0.4, -0.2) is 47.4 Å². The fourth-order valence-corrected chi connectivity index (χ4v) is 10.2. The topological polar surface area (TPSA) is 95.9 Å². The van der Waals surface area contributed by atoms with Crippen molar-refractivity contribution in [2.45, 2.75) is 373 Å². The van der Waals surface area contributed by atoms with E-state index in [0.717, 1.165) is 44.9 Å². The summed E-state index contributed by atoms with van der Waals surface area (Å²) in [6.07, 6.45) is 72.2. The van der Waals surface area contributed by atoms with Gasteiger partial charge in [-0.05, 0) is 51.4 Å². The van der Waals surface area contributed by atoms with Gasteiger partial charge in [0, 0.05) is 12.8 Å². The molecule has 0 bridgehead atoms. The number of nitrogens with one attached hydrogen (secondary N) is 1. The lowest BCUT2D eigenvalue weighted by Crippen LogP contribution is -2.45. The Balaban J connectivity index is 3.38. The molecule has 3 N–H and O–H groups in total. The maximum absolute atomic E-state index is 12.5. The second-order valence-electron chi connectivity index (χ2n) is 22.1. The molecular formula is C64H125NO5. The largest absolute Gasteiger partial charge is 0.466 e. The van der Waals surface area contributed by atoms with E-state index >= 15 is 0 Å². The van der Waals surface area contributed by atoms with E-state index in [9.17, 15) is 19.8 Å². The lowest BCUT2D eigenvalue weighted by Gasteiger charge is -2.22. The molecule has 2 atom stereocenters. The zero-order valence-electron chi connectivity index (χ0n) is 47.5. The van der Waals surface area contributed by atoms with Crippen LogP contribution in [0.15, 0.2) is 12.2 Å². The van der Waals surface area contributed by atoms with E-state index in [1.54, 1.807) is 0 Å². The summed E-state index contributed by atoms with van der Waals surface area (Å²) < 4.78 is 5.48. The van der Waals surface area contributed by atoms with E-state index < -0.39 is 12.1 Å². The highest BCUT2D eigenvalue weighted by atomic mass is 16.5.